The van der Waals surface area contributed by atoms with Crippen LogP contribution < -0.4 is 10.2 Å². The average molecular weight is 278 g/mol. The minimum absolute atomic E-state index is 0.227. The number of hydrogen-bond donors (Lipinski definition) is 1. The summed E-state index contributed by atoms with van der Waals surface area (Å²) >= 11 is 0. The topological polar surface area (TPSA) is 15.3 Å². The van der Waals surface area contributed by atoms with Gasteiger partial charge in [-0.15, -0.1) is 0 Å². The highest BCUT2D eigenvalue weighted by Crippen LogP contribution is 2.22. The molecular formula is C13H18F4N2. The zero-order valence-corrected chi connectivity index (χ0v) is 11.0. The van der Waals surface area contributed by atoms with Crippen LogP contribution in [0.1, 0.15) is 18.9 Å². The number of benzene rings is 1. The van der Waals surface area contributed by atoms with Gasteiger partial charge in [0, 0.05) is 19.3 Å². The van der Waals surface area contributed by atoms with Crippen molar-refractivity contribution in [1.29, 1.82) is 0 Å². The SMILES string of the molecule is CCCNCc1cc(F)cc(N(C)CC(F)(F)F)c1. The van der Waals surface area contributed by atoms with Crippen molar-refractivity contribution in [2.24, 2.45) is 0 Å². The Labute approximate surface area is 110 Å². The van der Waals surface area contributed by atoms with Crippen molar-refractivity contribution < 1.29 is 17.6 Å². The zero-order valence-electron chi connectivity index (χ0n) is 11.0. The minimum atomic E-state index is -4.30. The van der Waals surface area contributed by atoms with E-state index in [1.807, 2.05) is 6.92 Å². The summed E-state index contributed by atoms with van der Waals surface area (Å²) in [4.78, 5) is 0.992. The molecule has 0 unspecified atom stereocenters. The molecule has 19 heavy (non-hydrogen) atoms. The van der Waals surface area contributed by atoms with E-state index < -0.39 is 18.5 Å². The molecule has 0 aliphatic carbocycles. The first kappa shape index (κ1) is 15.8. The molecule has 0 aliphatic rings. The summed E-state index contributed by atoms with van der Waals surface area (Å²) < 4.78 is 50.3. The lowest BCUT2D eigenvalue weighted by atomic mass is 10.1. The molecule has 1 aromatic carbocycles. The highest BCUT2D eigenvalue weighted by molar-refractivity contribution is 5.48. The number of nitrogens with one attached hydrogen (secondary N) is 1. The lowest BCUT2D eigenvalue weighted by Crippen LogP contribution is -2.31. The normalized spacial score (nSPS) is 11.7. The first-order chi connectivity index (χ1) is 8.81. The quantitative estimate of drug-likeness (QED) is 0.634. The Bertz CT molecular complexity index is 404. The Morgan fingerprint density at radius 3 is 2.47 bits per heavy atom. The first-order valence-corrected chi connectivity index (χ1v) is 6.10. The van der Waals surface area contributed by atoms with Crippen LogP contribution in [0, 0.1) is 5.82 Å². The van der Waals surface area contributed by atoms with Crippen molar-refractivity contribution in [2.75, 3.05) is 25.0 Å². The number of rotatable bonds is 6. The largest absolute Gasteiger partial charge is 0.405 e. The van der Waals surface area contributed by atoms with Gasteiger partial charge in [-0.1, -0.05) is 6.92 Å². The highest BCUT2D eigenvalue weighted by Gasteiger charge is 2.29. The summed E-state index contributed by atoms with van der Waals surface area (Å²) in [6, 6.07) is 4.00. The van der Waals surface area contributed by atoms with Gasteiger partial charge >= 0.3 is 6.18 Å². The van der Waals surface area contributed by atoms with Crippen LogP contribution in [0.4, 0.5) is 23.2 Å². The van der Waals surface area contributed by atoms with Gasteiger partial charge in [0.2, 0.25) is 0 Å². The molecule has 1 N–H and O–H groups in total. The molecule has 0 radical (unpaired) electrons. The Morgan fingerprint density at radius 1 is 1.21 bits per heavy atom. The fourth-order valence-corrected chi connectivity index (χ4v) is 1.73. The number of anilines is 1. The predicted molar refractivity (Wildman–Crippen MR) is 67.7 cm³/mol. The van der Waals surface area contributed by atoms with Gasteiger partial charge in [0.1, 0.15) is 12.4 Å². The van der Waals surface area contributed by atoms with Gasteiger partial charge in [-0.05, 0) is 36.7 Å². The fourth-order valence-electron chi connectivity index (χ4n) is 1.73. The number of nitrogens with zero attached hydrogens (tertiary/aromatic N) is 1. The maximum absolute atomic E-state index is 13.4. The Morgan fingerprint density at radius 2 is 1.89 bits per heavy atom. The summed E-state index contributed by atoms with van der Waals surface area (Å²) in [7, 11) is 1.30. The molecule has 0 spiro atoms. The second-order valence-corrected chi connectivity index (χ2v) is 4.47. The minimum Gasteiger partial charge on any atom is -0.366 e. The van der Waals surface area contributed by atoms with E-state index >= 15 is 0 Å². The van der Waals surface area contributed by atoms with E-state index in [1.54, 1.807) is 6.07 Å². The van der Waals surface area contributed by atoms with Crippen molar-refractivity contribution in [2.45, 2.75) is 26.1 Å². The van der Waals surface area contributed by atoms with E-state index in [-0.39, 0.29) is 5.69 Å². The third kappa shape index (κ3) is 5.92. The molecule has 108 valence electrons. The fraction of sp³-hybridized carbons (Fsp3) is 0.538. The van der Waals surface area contributed by atoms with E-state index in [2.05, 4.69) is 5.32 Å². The number of halogens is 4. The van der Waals surface area contributed by atoms with Crippen LogP contribution in [-0.2, 0) is 6.54 Å². The summed E-state index contributed by atoms with van der Waals surface area (Å²) in [5.41, 5.74) is 0.864. The number of alkyl halides is 3. The summed E-state index contributed by atoms with van der Waals surface area (Å²) in [5, 5.41) is 3.09. The van der Waals surface area contributed by atoms with Gasteiger partial charge in [0.15, 0.2) is 0 Å². The maximum atomic E-state index is 13.4. The molecule has 0 bridgehead atoms. The van der Waals surface area contributed by atoms with Crippen molar-refractivity contribution in [3.8, 4) is 0 Å². The summed E-state index contributed by atoms with van der Waals surface area (Å²) in [6.07, 6.45) is -3.36. The van der Waals surface area contributed by atoms with Gasteiger partial charge in [-0.25, -0.2) is 4.39 Å². The molecule has 0 aliphatic heterocycles. The van der Waals surface area contributed by atoms with Crippen LogP contribution in [0.2, 0.25) is 0 Å². The molecule has 0 amide bonds. The van der Waals surface area contributed by atoms with Gasteiger partial charge in [-0.3, -0.25) is 0 Å². The van der Waals surface area contributed by atoms with Crippen molar-refractivity contribution in [3.05, 3.63) is 29.6 Å². The lowest BCUT2D eigenvalue weighted by molar-refractivity contribution is -0.119. The molecule has 0 saturated heterocycles. The molecule has 1 rings (SSSR count). The Balaban J connectivity index is 2.78. The van der Waals surface area contributed by atoms with Crippen molar-refractivity contribution in [3.63, 3.8) is 0 Å². The highest BCUT2D eigenvalue weighted by atomic mass is 19.4. The van der Waals surface area contributed by atoms with Crippen LogP contribution >= 0.6 is 0 Å². The van der Waals surface area contributed by atoms with Crippen LogP contribution in [0.3, 0.4) is 0 Å². The van der Waals surface area contributed by atoms with E-state index in [0.29, 0.717) is 12.1 Å². The lowest BCUT2D eigenvalue weighted by Gasteiger charge is -2.21. The van der Waals surface area contributed by atoms with Gasteiger partial charge in [-0.2, -0.15) is 13.2 Å². The third-order valence-electron chi connectivity index (χ3n) is 2.56. The summed E-state index contributed by atoms with van der Waals surface area (Å²) in [5.74, 6) is -0.528. The molecular weight excluding hydrogens is 260 g/mol. The monoisotopic (exact) mass is 278 g/mol. The smallest absolute Gasteiger partial charge is 0.366 e. The van der Waals surface area contributed by atoms with Crippen LogP contribution in [-0.4, -0.2) is 26.3 Å². The number of hydrogen-bond acceptors (Lipinski definition) is 2. The van der Waals surface area contributed by atoms with Gasteiger partial charge < -0.3 is 10.2 Å². The molecule has 6 heteroatoms. The van der Waals surface area contributed by atoms with E-state index in [1.165, 1.54) is 13.1 Å². The van der Waals surface area contributed by atoms with E-state index in [9.17, 15) is 17.6 Å². The molecule has 0 atom stereocenters. The van der Waals surface area contributed by atoms with Crippen molar-refractivity contribution >= 4 is 5.69 Å². The van der Waals surface area contributed by atoms with Gasteiger partial charge in [0.05, 0.1) is 0 Å². The van der Waals surface area contributed by atoms with Gasteiger partial charge in [0.25, 0.3) is 0 Å². The second kappa shape index (κ2) is 6.75. The zero-order chi connectivity index (χ0) is 14.5. The molecule has 0 fully saturated rings. The van der Waals surface area contributed by atoms with Crippen LogP contribution in [0.15, 0.2) is 18.2 Å². The third-order valence-corrected chi connectivity index (χ3v) is 2.56. The molecule has 0 saturated carbocycles. The van der Waals surface area contributed by atoms with Crippen LogP contribution in [0.5, 0.6) is 0 Å². The predicted octanol–water partition coefficient (Wildman–Crippen LogP) is 3.32. The molecule has 0 heterocycles. The van der Waals surface area contributed by atoms with Crippen molar-refractivity contribution in [1.82, 2.24) is 5.32 Å². The first-order valence-electron chi connectivity index (χ1n) is 6.10. The average Bonchev–Trinajstić information content (AvgIpc) is 2.26. The summed E-state index contributed by atoms with van der Waals surface area (Å²) in [6.45, 7) is 2.13. The van der Waals surface area contributed by atoms with E-state index in [0.717, 1.165) is 23.9 Å². The Kier molecular flexibility index (Phi) is 5.60. The standard InChI is InChI=1S/C13H18F4N2/c1-3-4-18-8-10-5-11(14)7-12(6-10)19(2)9-13(15,16)17/h5-7,18H,3-4,8-9H2,1-2H3. The molecule has 2 nitrogen and oxygen atoms in total. The second-order valence-electron chi connectivity index (χ2n) is 4.47. The molecule has 0 aromatic heterocycles. The molecule has 1 aromatic rings. The van der Waals surface area contributed by atoms with Crippen LogP contribution in [0.25, 0.3) is 0 Å². The Hall–Kier alpha value is -1.30. The van der Waals surface area contributed by atoms with E-state index in [4.69, 9.17) is 0 Å². The maximum Gasteiger partial charge on any atom is 0.405 e.